The minimum atomic E-state index is -1.15. The van der Waals surface area contributed by atoms with Crippen LogP contribution in [0.15, 0.2) is 36.4 Å². The molecular formula is C32H46N4O5. The van der Waals surface area contributed by atoms with Crippen molar-refractivity contribution in [2.75, 3.05) is 39.1 Å². The van der Waals surface area contributed by atoms with Gasteiger partial charge in [0.15, 0.2) is 0 Å². The maximum absolute atomic E-state index is 14.2. The van der Waals surface area contributed by atoms with Crippen LogP contribution in [0.25, 0.3) is 0 Å². The van der Waals surface area contributed by atoms with Gasteiger partial charge in [-0.3, -0.25) is 14.4 Å². The first-order valence-corrected chi connectivity index (χ1v) is 15.3. The molecule has 1 spiro atoms. The molecular weight excluding hydrogens is 520 g/mol. The van der Waals surface area contributed by atoms with Gasteiger partial charge >= 0.3 is 0 Å². The highest BCUT2D eigenvalue weighted by Crippen LogP contribution is 2.55. The van der Waals surface area contributed by atoms with Crippen LogP contribution in [0.5, 0.6) is 5.75 Å². The largest absolute Gasteiger partial charge is 0.497 e. The number of fused-ring (bicyclic) bond motifs is 1. The molecule has 4 aliphatic rings. The molecule has 3 fully saturated rings. The van der Waals surface area contributed by atoms with Crippen LogP contribution in [0.1, 0.15) is 52.9 Å². The number of nitrogens with one attached hydrogen (secondary N) is 2. The maximum Gasteiger partial charge on any atom is 0.246 e. The van der Waals surface area contributed by atoms with Gasteiger partial charge in [-0.25, -0.2) is 0 Å². The van der Waals surface area contributed by atoms with Gasteiger partial charge in [0.1, 0.15) is 17.4 Å². The first-order chi connectivity index (χ1) is 19.7. The van der Waals surface area contributed by atoms with E-state index in [0.29, 0.717) is 36.4 Å². The number of methoxy groups -OCH3 is 1. The highest BCUT2D eigenvalue weighted by molar-refractivity contribution is 6.02. The summed E-state index contributed by atoms with van der Waals surface area (Å²) in [6.45, 7) is 8.57. The average Bonchev–Trinajstić information content (AvgIpc) is 3.60. The molecule has 1 aromatic carbocycles. The van der Waals surface area contributed by atoms with E-state index in [1.807, 2.05) is 19.2 Å². The third kappa shape index (κ3) is 5.50. The summed E-state index contributed by atoms with van der Waals surface area (Å²) < 4.78 is 11.7. The van der Waals surface area contributed by atoms with Crippen molar-refractivity contribution < 1.29 is 23.9 Å². The van der Waals surface area contributed by atoms with Crippen molar-refractivity contribution in [2.45, 2.75) is 76.7 Å². The molecule has 5 rings (SSSR count). The van der Waals surface area contributed by atoms with Gasteiger partial charge in [-0.05, 0) is 62.5 Å². The summed E-state index contributed by atoms with van der Waals surface area (Å²) in [5, 5.41) is 6.30. The van der Waals surface area contributed by atoms with Gasteiger partial charge in [0, 0.05) is 24.8 Å². The zero-order valence-electron chi connectivity index (χ0n) is 25.1. The van der Waals surface area contributed by atoms with Crippen LogP contribution in [0.3, 0.4) is 0 Å². The molecule has 9 heteroatoms. The number of ether oxygens (including phenoxy) is 2. The Morgan fingerprint density at radius 2 is 1.90 bits per heavy atom. The Bertz CT molecular complexity index is 1160. The van der Waals surface area contributed by atoms with Crippen molar-refractivity contribution in [1.82, 2.24) is 15.1 Å². The Morgan fingerprint density at radius 3 is 2.61 bits per heavy atom. The first-order valence-electron chi connectivity index (χ1n) is 15.3. The summed E-state index contributed by atoms with van der Waals surface area (Å²) in [7, 11) is 3.63. The quantitative estimate of drug-likeness (QED) is 0.398. The fraction of sp³-hybridized carbons (Fsp3) is 0.656. The molecule has 41 heavy (non-hydrogen) atoms. The Hall–Kier alpha value is -2.91. The predicted octanol–water partition coefficient (Wildman–Crippen LogP) is 3.46. The normalized spacial score (nSPS) is 33.8. The molecule has 3 amide bonds. The number of hydrogen-bond donors (Lipinski definition) is 2. The van der Waals surface area contributed by atoms with Gasteiger partial charge in [0.2, 0.25) is 17.7 Å². The molecule has 2 saturated heterocycles. The van der Waals surface area contributed by atoms with E-state index in [9.17, 15) is 14.4 Å². The molecule has 2 bridgehead atoms. The lowest BCUT2D eigenvalue weighted by Gasteiger charge is -2.38. The minimum Gasteiger partial charge on any atom is -0.497 e. The summed E-state index contributed by atoms with van der Waals surface area (Å²) in [5.74, 6) is -0.541. The van der Waals surface area contributed by atoms with Crippen LogP contribution >= 0.6 is 0 Å². The maximum atomic E-state index is 14.2. The molecule has 2 N–H and O–H groups in total. The van der Waals surface area contributed by atoms with Crippen molar-refractivity contribution in [3.8, 4) is 5.75 Å². The Labute approximate surface area is 244 Å². The lowest BCUT2D eigenvalue weighted by Crippen LogP contribution is -2.58. The average molecular weight is 567 g/mol. The molecule has 0 unspecified atom stereocenters. The summed E-state index contributed by atoms with van der Waals surface area (Å²) in [6, 6.07) is 6.34. The summed E-state index contributed by atoms with van der Waals surface area (Å²) in [6.07, 6.45) is 8.52. The first kappa shape index (κ1) is 29.6. The van der Waals surface area contributed by atoms with Crippen LogP contribution in [-0.2, 0) is 19.1 Å². The molecule has 1 aromatic rings. The number of anilines is 1. The van der Waals surface area contributed by atoms with Gasteiger partial charge < -0.3 is 29.9 Å². The summed E-state index contributed by atoms with van der Waals surface area (Å²) in [4.78, 5) is 45.9. The summed E-state index contributed by atoms with van der Waals surface area (Å²) >= 11 is 0. The number of carbonyl (C=O) groups is 3. The monoisotopic (exact) mass is 566 g/mol. The van der Waals surface area contributed by atoms with Gasteiger partial charge in [-0.15, -0.1) is 0 Å². The number of hydrogen-bond acceptors (Lipinski definition) is 6. The minimum absolute atomic E-state index is 0.0580. The van der Waals surface area contributed by atoms with E-state index in [0.717, 1.165) is 38.6 Å². The van der Waals surface area contributed by atoms with E-state index in [1.54, 1.807) is 36.3 Å². The highest BCUT2D eigenvalue weighted by Gasteiger charge is 2.72. The number of benzene rings is 1. The number of likely N-dealkylation sites (N-methyl/N-ethyl adjacent to an activating group) is 1. The van der Waals surface area contributed by atoms with Crippen LogP contribution in [0, 0.1) is 23.7 Å². The summed E-state index contributed by atoms with van der Waals surface area (Å²) in [5.41, 5.74) is -0.537. The number of carbonyl (C=O) groups excluding carboxylic acids is 3. The molecule has 1 aliphatic carbocycles. The molecule has 0 radical (unpaired) electrons. The molecule has 9 nitrogen and oxygen atoms in total. The Kier molecular flexibility index (Phi) is 8.76. The number of likely N-dealkylation sites (tertiary alicyclic amines) is 1. The van der Waals surface area contributed by atoms with Crippen molar-refractivity contribution >= 4 is 23.4 Å². The lowest BCUT2D eigenvalue weighted by atomic mass is 9.73. The number of nitrogens with zero attached hydrogens (tertiary/aromatic N) is 2. The van der Waals surface area contributed by atoms with E-state index >= 15 is 0 Å². The van der Waals surface area contributed by atoms with Crippen LogP contribution < -0.4 is 15.4 Å². The molecule has 3 aliphatic heterocycles. The smallest absolute Gasteiger partial charge is 0.246 e. The topological polar surface area (TPSA) is 100 Å². The Morgan fingerprint density at radius 1 is 1.15 bits per heavy atom. The standard InChI is InChI=1S/C32H46N4O5/c1-6-7-17-35(4)18-19-36-28(30(38)34-24-10-8-9-20(2)21(24)3)32-16-15-25(41-32)26(27(32)31(36)39)29(37)33-22-11-13-23(40-5)14-12-22/h11-16,20-21,24-28H,6-10,17-19H2,1-5H3,(H,33,37)(H,34,38)/t20-,21-,24+,25-,26+,27-,28-,32-/m0/s1. The third-order valence-corrected chi connectivity index (χ3v) is 9.93. The van der Waals surface area contributed by atoms with Crippen LogP contribution in [-0.4, -0.2) is 85.1 Å². The van der Waals surface area contributed by atoms with E-state index in [2.05, 4.69) is 36.3 Å². The molecule has 224 valence electrons. The van der Waals surface area contributed by atoms with Crippen molar-refractivity contribution in [1.29, 1.82) is 0 Å². The number of rotatable bonds is 11. The van der Waals surface area contributed by atoms with Crippen molar-refractivity contribution in [3.05, 3.63) is 36.4 Å². The van der Waals surface area contributed by atoms with E-state index in [-0.39, 0.29) is 23.8 Å². The van der Waals surface area contributed by atoms with Gasteiger partial charge in [-0.1, -0.05) is 52.2 Å². The molecule has 0 aromatic heterocycles. The molecule has 1 saturated carbocycles. The number of unbranched alkanes of at least 4 members (excludes halogenated alkanes) is 1. The van der Waals surface area contributed by atoms with E-state index in [1.165, 1.54) is 0 Å². The van der Waals surface area contributed by atoms with Gasteiger partial charge in [0.05, 0.1) is 25.0 Å². The SMILES string of the molecule is CCCCN(C)CCN1C(=O)[C@@H]2[C@H](C(=O)Nc3ccc(OC)cc3)[C@@H]3C=C[C@@]2(O3)[C@@H]1C(=O)N[C@@H]1CCC[C@H](C)[C@@H]1C. The van der Waals surface area contributed by atoms with E-state index in [4.69, 9.17) is 9.47 Å². The zero-order valence-corrected chi connectivity index (χ0v) is 25.1. The van der Waals surface area contributed by atoms with Gasteiger partial charge in [-0.2, -0.15) is 0 Å². The zero-order chi connectivity index (χ0) is 29.3. The van der Waals surface area contributed by atoms with E-state index < -0.39 is 29.6 Å². The fourth-order valence-corrected chi connectivity index (χ4v) is 7.27. The molecule has 3 heterocycles. The predicted molar refractivity (Wildman–Crippen MR) is 157 cm³/mol. The second-order valence-electron chi connectivity index (χ2n) is 12.5. The fourth-order valence-electron chi connectivity index (χ4n) is 7.27. The second kappa shape index (κ2) is 12.1. The second-order valence-corrected chi connectivity index (χ2v) is 12.5. The lowest BCUT2D eigenvalue weighted by molar-refractivity contribution is -0.141. The number of amides is 3. The van der Waals surface area contributed by atoms with Crippen molar-refractivity contribution in [2.24, 2.45) is 23.7 Å². The van der Waals surface area contributed by atoms with Crippen LogP contribution in [0.2, 0.25) is 0 Å². The highest BCUT2D eigenvalue weighted by atomic mass is 16.5. The Balaban J connectivity index is 1.40. The van der Waals surface area contributed by atoms with Crippen LogP contribution in [0.4, 0.5) is 5.69 Å². The molecule has 8 atom stereocenters. The third-order valence-electron chi connectivity index (χ3n) is 9.93. The van der Waals surface area contributed by atoms with Gasteiger partial charge in [0.25, 0.3) is 0 Å². The van der Waals surface area contributed by atoms with Crippen molar-refractivity contribution in [3.63, 3.8) is 0 Å².